The number of halogens is 1. The van der Waals surface area contributed by atoms with Crippen molar-refractivity contribution in [2.45, 2.75) is 18.9 Å². The third kappa shape index (κ3) is 2.16. The second kappa shape index (κ2) is 5.40. The van der Waals surface area contributed by atoms with Crippen LogP contribution in [0.25, 0.3) is 0 Å². The Kier molecular flexibility index (Phi) is 3.61. The number of fused-ring (bicyclic) bond motifs is 1. The van der Waals surface area contributed by atoms with E-state index in [1.807, 2.05) is 4.90 Å². The highest BCUT2D eigenvalue weighted by Crippen LogP contribution is 2.30. The molecular formula is C15H19FN2O2. The van der Waals surface area contributed by atoms with Crippen LogP contribution in [0.2, 0.25) is 0 Å². The maximum absolute atomic E-state index is 14.0. The van der Waals surface area contributed by atoms with Gasteiger partial charge >= 0.3 is 0 Å². The number of carbonyl (C=O) groups is 1. The molecule has 0 aromatic heterocycles. The highest BCUT2D eigenvalue weighted by atomic mass is 19.1. The first-order chi connectivity index (χ1) is 9.72. The third-order valence-electron chi connectivity index (χ3n) is 4.35. The predicted octanol–water partition coefficient (Wildman–Crippen LogP) is 1.66. The second-order valence-corrected chi connectivity index (χ2v) is 5.44. The summed E-state index contributed by atoms with van der Waals surface area (Å²) in [7, 11) is 1.46. The normalized spacial score (nSPS) is 25.4. The topological polar surface area (TPSA) is 41.6 Å². The Morgan fingerprint density at radius 1 is 1.45 bits per heavy atom. The van der Waals surface area contributed by atoms with E-state index < -0.39 is 5.82 Å². The van der Waals surface area contributed by atoms with E-state index in [9.17, 15) is 9.18 Å². The monoisotopic (exact) mass is 278 g/mol. The van der Waals surface area contributed by atoms with Gasteiger partial charge in [0.1, 0.15) is 17.1 Å². The lowest BCUT2D eigenvalue weighted by atomic mass is 9.91. The van der Waals surface area contributed by atoms with Crippen LogP contribution in [0.3, 0.4) is 0 Å². The molecule has 108 valence electrons. The lowest BCUT2D eigenvalue weighted by Gasteiger charge is -2.37. The third-order valence-corrected chi connectivity index (χ3v) is 4.35. The Bertz CT molecular complexity index is 521. The standard InChI is InChI=1S/C15H19FN2O2/c1-20-13-6-2-5-11(16)14(13)15(19)18-7-3-4-10-8-17-9-12(10)18/h2,5-6,10,12,17H,3-4,7-9H2,1H3. The molecule has 0 saturated carbocycles. The number of likely N-dealkylation sites (tertiary alicyclic amines) is 1. The van der Waals surface area contributed by atoms with Crippen LogP contribution < -0.4 is 10.1 Å². The van der Waals surface area contributed by atoms with E-state index in [1.54, 1.807) is 12.1 Å². The fourth-order valence-corrected chi connectivity index (χ4v) is 3.35. The van der Waals surface area contributed by atoms with Crippen molar-refractivity contribution >= 4 is 5.91 Å². The van der Waals surface area contributed by atoms with Gasteiger partial charge in [0.05, 0.1) is 7.11 Å². The van der Waals surface area contributed by atoms with E-state index in [1.165, 1.54) is 13.2 Å². The molecule has 20 heavy (non-hydrogen) atoms. The number of amides is 1. The van der Waals surface area contributed by atoms with Crippen molar-refractivity contribution in [1.29, 1.82) is 0 Å². The Morgan fingerprint density at radius 2 is 2.30 bits per heavy atom. The van der Waals surface area contributed by atoms with Gasteiger partial charge in [0.15, 0.2) is 0 Å². The molecule has 4 nitrogen and oxygen atoms in total. The maximum atomic E-state index is 14.0. The van der Waals surface area contributed by atoms with Crippen molar-refractivity contribution in [3.8, 4) is 5.75 Å². The summed E-state index contributed by atoms with van der Waals surface area (Å²) in [6.07, 6.45) is 2.11. The number of hydrogen-bond acceptors (Lipinski definition) is 3. The summed E-state index contributed by atoms with van der Waals surface area (Å²) < 4.78 is 19.2. The minimum atomic E-state index is -0.512. The molecule has 0 radical (unpaired) electrons. The molecule has 1 amide bonds. The summed E-state index contributed by atoms with van der Waals surface area (Å²) in [5.74, 6) is 0.0364. The number of ether oxygens (including phenoxy) is 1. The molecule has 2 atom stereocenters. The number of nitrogens with zero attached hydrogens (tertiary/aromatic N) is 1. The zero-order valence-electron chi connectivity index (χ0n) is 11.6. The van der Waals surface area contributed by atoms with Crippen molar-refractivity contribution < 1.29 is 13.9 Å². The molecule has 0 spiro atoms. The average molecular weight is 278 g/mol. The lowest BCUT2D eigenvalue weighted by molar-refractivity contribution is 0.0566. The van der Waals surface area contributed by atoms with Gasteiger partial charge in [-0.05, 0) is 30.9 Å². The highest BCUT2D eigenvalue weighted by Gasteiger charge is 2.38. The molecule has 2 fully saturated rings. The second-order valence-electron chi connectivity index (χ2n) is 5.44. The molecule has 2 unspecified atom stereocenters. The zero-order chi connectivity index (χ0) is 14.1. The van der Waals surface area contributed by atoms with Gasteiger partial charge in [0, 0.05) is 25.7 Å². The summed E-state index contributed by atoms with van der Waals surface area (Å²) in [6.45, 7) is 2.44. The lowest BCUT2D eigenvalue weighted by Crippen LogP contribution is -2.48. The fourth-order valence-electron chi connectivity index (χ4n) is 3.35. The Morgan fingerprint density at radius 3 is 3.10 bits per heavy atom. The van der Waals surface area contributed by atoms with Crippen LogP contribution in [0.15, 0.2) is 18.2 Å². The molecule has 0 aliphatic carbocycles. The molecular weight excluding hydrogens is 259 g/mol. The Labute approximate surface area is 117 Å². The molecule has 1 N–H and O–H groups in total. The minimum absolute atomic E-state index is 0.0579. The van der Waals surface area contributed by atoms with Gasteiger partial charge in [0.2, 0.25) is 0 Å². The number of hydrogen-bond donors (Lipinski definition) is 1. The van der Waals surface area contributed by atoms with E-state index >= 15 is 0 Å². The molecule has 2 heterocycles. The van der Waals surface area contributed by atoms with E-state index in [2.05, 4.69) is 5.32 Å². The number of carbonyl (C=O) groups excluding carboxylic acids is 1. The number of methoxy groups -OCH3 is 1. The van der Waals surface area contributed by atoms with Gasteiger partial charge in [-0.3, -0.25) is 4.79 Å². The van der Waals surface area contributed by atoms with Gasteiger partial charge in [-0.25, -0.2) is 4.39 Å². The molecule has 2 saturated heterocycles. The van der Waals surface area contributed by atoms with Gasteiger partial charge in [-0.2, -0.15) is 0 Å². The minimum Gasteiger partial charge on any atom is -0.496 e. The maximum Gasteiger partial charge on any atom is 0.260 e. The van der Waals surface area contributed by atoms with Crippen LogP contribution in [0, 0.1) is 11.7 Å². The van der Waals surface area contributed by atoms with Gasteiger partial charge < -0.3 is 15.0 Å². The molecule has 0 bridgehead atoms. The van der Waals surface area contributed by atoms with E-state index in [0.717, 1.165) is 25.9 Å². The van der Waals surface area contributed by atoms with Crippen LogP contribution in [0.1, 0.15) is 23.2 Å². The van der Waals surface area contributed by atoms with Crippen LogP contribution in [0.5, 0.6) is 5.75 Å². The largest absolute Gasteiger partial charge is 0.496 e. The summed E-state index contributed by atoms with van der Waals surface area (Å²) in [5, 5.41) is 3.32. The molecule has 3 rings (SSSR count). The molecule has 1 aromatic rings. The first-order valence-corrected chi connectivity index (χ1v) is 7.06. The number of benzene rings is 1. The number of nitrogens with one attached hydrogen (secondary N) is 1. The molecule has 2 aliphatic heterocycles. The molecule has 2 aliphatic rings. The van der Waals surface area contributed by atoms with Crippen molar-refractivity contribution in [2.75, 3.05) is 26.7 Å². The summed E-state index contributed by atoms with van der Waals surface area (Å²) in [4.78, 5) is 14.5. The van der Waals surface area contributed by atoms with E-state index in [4.69, 9.17) is 4.74 Å². The first-order valence-electron chi connectivity index (χ1n) is 7.06. The van der Waals surface area contributed by atoms with Crippen LogP contribution in [0.4, 0.5) is 4.39 Å². The van der Waals surface area contributed by atoms with Crippen molar-refractivity contribution in [2.24, 2.45) is 5.92 Å². The number of rotatable bonds is 2. The van der Waals surface area contributed by atoms with Crippen molar-refractivity contribution in [3.63, 3.8) is 0 Å². The van der Waals surface area contributed by atoms with Gasteiger partial charge in [0.25, 0.3) is 5.91 Å². The summed E-state index contributed by atoms with van der Waals surface area (Å²) in [6, 6.07) is 4.68. The quantitative estimate of drug-likeness (QED) is 0.894. The van der Waals surface area contributed by atoms with Crippen molar-refractivity contribution in [1.82, 2.24) is 10.2 Å². The molecule has 5 heteroatoms. The van der Waals surface area contributed by atoms with Gasteiger partial charge in [-0.15, -0.1) is 0 Å². The van der Waals surface area contributed by atoms with Crippen LogP contribution in [-0.2, 0) is 0 Å². The first kappa shape index (κ1) is 13.4. The van der Waals surface area contributed by atoms with E-state index in [-0.39, 0.29) is 17.5 Å². The average Bonchev–Trinajstić information content (AvgIpc) is 2.94. The fraction of sp³-hybridized carbons (Fsp3) is 0.533. The Hall–Kier alpha value is -1.62. The number of piperidine rings is 1. The van der Waals surface area contributed by atoms with Crippen LogP contribution >= 0.6 is 0 Å². The van der Waals surface area contributed by atoms with Crippen molar-refractivity contribution in [3.05, 3.63) is 29.6 Å². The Balaban J connectivity index is 1.92. The molecule has 1 aromatic carbocycles. The van der Waals surface area contributed by atoms with E-state index in [0.29, 0.717) is 18.2 Å². The zero-order valence-corrected chi connectivity index (χ0v) is 11.6. The summed E-state index contributed by atoms with van der Waals surface area (Å²) in [5.41, 5.74) is 0.0579. The van der Waals surface area contributed by atoms with Crippen LogP contribution in [-0.4, -0.2) is 43.6 Å². The SMILES string of the molecule is COc1cccc(F)c1C(=O)N1CCCC2CNCC21. The summed E-state index contributed by atoms with van der Waals surface area (Å²) >= 11 is 0. The predicted molar refractivity (Wildman–Crippen MR) is 73.4 cm³/mol. The van der Waals surface area contributed by atoms with Gasteiger partial charge in [-0.1, -0.05) is 6.07 Å². The smallest absolute Gasteiger partial charge is 0.260 e. The highest BCUT2D eigenvalue weighted by molar-refractivity contribution is 5.97.